The molecule has 2 rings (SSSR count). The Morgan fingerprint density at radius 2 is 2.16 bits per heavy atom. The molecule has 1 N–H and O–H groups in total. The van der Waals surface area contributed by atoms with E-state index in [1.54, 1.807) is 6.07 Å². The second kappa shape index (κ2) is 5.67. The molecule has 1 fully saturated rings. The van der Waals surface area contributed by atoms with Crippen molar-refractivity contribution in [2.24, 2.45) is 5.92 Å². The monoisotopic (exact) mass is 261 g/mol. The number of anilines is 1. The molecule has 0 aliphatic carbocycles. The van der Waals surface area contributed by atoms with Gasteiger partial charge in [0.05, 0.1) is 16.6 Å². The fraction of sp³-hybridized carbons (Fsp3) is 0.462. The van der Waals surface area contributed by atoms with E-state index in [4.69, 9.17) is 10.4 Å². The van der Waals surface area contributed by atoms with Crippen LogP contribution in [-0.4, -0.2) is 29.7 Å². The van der Waals surface area contributed by atoms with Gasteiger partial charge in [0.1, 0.15) is 5.69 Å². The summed E-state index contributed by atoms with van der Waals surface area (Å²) in [5.41, 5.74) is 0.951. The minimum Gasteiger partial charge on any atom is -0.396 e. The number of hydrogen-bond acceptors (Lipinski definition) is 5. The summed E-state index contributed by atoms with van der Waals surface area (Å²) in [4.78, 5) is 12.5. The topological polar surface area (TPSA) is 90.4 Å². The van der Waals surface area contributed by atoms with Crippen molar-refractivity contribution < 1.29 is 10.0 Å². The zero-order valence-corrected chi connectivity index (χ0v) is 10.5. The number of aliphatic hydroxyl groups excluding tert-OH is 1. The van der Waals surface area contributed by atoms with Crippen molar-refractivity contribution in [3.8, 4) is 6.07 Å². The first kappa shape index (κ1) is 13.3. The second-order valence-electron chi connectivity index (χ2n) is 4.69. The van der Waals surface area contributed by atoms with Crippen molar-refractivity contribution in [1.82, 2.24) is 0 Å². The van der Waals surface area contributed by atoms with Gasteiger partial charge in [-0.1, -0.05) is 0 Å². The number of nitrogens with zero attached hydrogens (tertiary/aromatic N) is 3. The van der Waals surface area contributed by atoms with Gasteiger partial charge in [-0.3, -0.25) is 10.1 Å². The molecule has 1 saturated heterocycles. The van der Waals surface area contributed by atoms with Crippen LogP contribution in [0, 0.1) is 27.4 Å². The molecule has 1 aliphatic rings. The standard InChI is InChI=1S/C13H15N3O3/c14-8-11-1-2-12(16(18)19)13(7-11)15-5-3-10(9-17)4-6-15/h1-2,7,10,17H,3-6,9H2. The molecule has 1 heterocycles. The highest BCUT2D eigenvalue weighted by atomic mass is 16.6. The molecule has 19 heavy (non-hydrogen) atoms. The van der Waals surface area contributed by atoms with Gasteiger partial charge in [-0.2, -0.15) is 5.26 Å². The fourth-order valence-corrected chi connectivity index (χ4v) is 2.36. The highest BCUT2D eigenvalue weighted by molar-refractivity contribution is 5.66. The Balaban J connectivity index is 2.28. The molecule has 0 spiro atoms. The maximum Gasteiger partial charge on any atom is 0.292 e. The molecule has 0 radical (unpaired) electrons. The summed E-state index contributed by atoms with van der Waals surface area (Å²) in [7, 11) is 0. The van der Waals surface area contributed by atoms with Crippen molar-refractivity contribution in [2.45, 2.75) is 12.8 Å². The summed E-state index contributed by atoms with van der Waals surface area (Å²) in [6.45, 7) is 1.50. The Bertz CT molecular complexity index is 516. The van der Waals surface area contributed by atoms with Crippen LogP contribution in [0.1, 0.15) is 18.4 Å². The van der Waals surface area contributed by atoms with Crippen molar-refractivity contribution in [1.29, 1.82) is 5.26 Å². The normalized spacial score (nSPS) is 16.1. The Hall–Kier alpha value is -2.13. The third-order valence-electron chi connectivity index (χ3n) is 3.51. The number of benzene rings is 1. The molecule has 0 atom stereocenters. The smallest absolute Gasteiger partial charge is 0.292 e. The number of nitro benzene ring substituents is 1. The van der Waals surface area contributed by atoms with Gasteiger partial charge in [-0.25, -0.2) is 0 Å². The van der Waals surface area contributed by atoms with Crippen LogP contribution in [0.3, 0.4) is 0 Å². The molecular weight excluding hydrogens is 246 g/mol. The van der Waals surface area contributed by atoms with Gasteiger partial charge in [0.2, 0.25) is 0 Å². The molecule has 6 heteroatoms. The van der Waals surface area contributed by atoms with Crippen LogP contribution in [0.4, 0.5) is 11.4 Å². The van der Waals surface area contributed by atoms with Crippen molar-refractivity contribution >= 4 is 11.4 Å². The Morgan fingerprint density at radius 1 is 1.47 bits per heavy atom. The molecule has 100 valence electrons. The Labute approximate surface area is 111 Å². The lowest BCUT2D eigenvalue weighted by atomic mass is 9.97. The summed E-state index contributed by atoms with van der Waals surface area (Å²) in [6, 6.07) is 6.41. The third-order valence-corrected chi connectivity index (χ3v) is 3.51. The average molecular weight is 261 g/mol. The largest absolute Gasteiger partial charge is 0.396 e. The van der Waals surface area contributed by atoms with Gasteiger partial charge in [-0.05, 0) is 30.9 Å². The molecule has 0 unspecified atom stereocenters. The van der Waals surface area contributed by atoms with Crippen molar-refractivity contribution in [3.63, 3.8) is 0 Å². The summed E-state index contributed by atoms with van der Waals surface area (Å²) >= 11 is 0. The lowest BCUT2D eigenvalue weighted by molar-refractivity contribution is -0.384. The number of nitriles is 1. The van der Waals surface area contributed by atoms with Gasteiger partial charge in [0.25, 0.3) is 5.69 Å². The van der Waals surface area contributed by atoms with E-state index in [1.807, 2.05) is 11.0 Å². The second-order valence-corrected chi connectivity index (χ2v) is 4.69. The first-order valence-corrected chi connectivity index (χ1v) is 6.20. The summed E-state index contributed by atoms with van der Waals surface area (Å²) in [5, 5.41) is 29.0. The molecule has 0 aromatic heterocycles. The zero-order chi connectivity index (χ0) is 13.8. The SMILES string of the molecule is N#Cc1ccc([N+](=O)[O-])c(N2CCC(CO)CC2)c1. The van der Waals surface area contributed by atoms with E-state index in [1.165, 1.54) is 12.1 Å². The molecule has 0 amide bonds. The number of piperidine rings is 1. The van der Waals surface area contributed by atoms with Crippen molar-refractivity contribution in [3.05, 3.63) is 33.9 Å². The summed E-state index contributed by atoms with van der Waals surface area (Å²) in [6.07, 6.45) is 1.62. The van der Waals surface area contributed by atoms with Gasteiger partial charge >= 0.3 is 0 Å². The van der Waals surface area contributed by atoms with E-state index in [2.05, 4.69) is 0 Å². The highest BCUT2D eigenvalue weighted by Crippen LogP contribution is 2.32. The van der Waals surface area contributed by atoms with Crippen LogP contribution in [0.25, 0.3) is 0 Å². The van der Waals surface area contributed by atoms with E-state index in [-0.39, 0.29) is 18.2 Å². The van der Waals surface area contributed by atoms with Gasteiger partial charge in [0, 0.05) is 25.8 Å². The summed E-state index contributed by atoms with van der Waals surface area (Å²) in [5.74, 6) is 0.273. The molecular formula is C13H15N3O3. The lowest BCUT2D eigenvalue weighted by Gasteiger charge is -2.32. The van der Waals surface area contributed by atoms with Crippen LogP contribution < -0.4 is 4.90 Å². The number of aliphatic hydroxyl groups is 1. The fourth-order valence-electron chi connectivity index (χ4n) is 2.36. The number of hydrogen-bond donors (Lipinski definition) is 1. The van der Waals surface area contributed by atoms with Crippen LogP contribution in [-0.2, 0) is 0 Å². The molecule has 0 saturated carbocycles. The van der Waals surface area contributed by atoms with E-state index in [9.17, 15) is 10.1 Å². The zero-order valence-electron chi connectivity index (χ0n) is 10.5. The predicted octanol–water partition coefficient (Wildman–Crippen LogP) is 1.68. The van der Waals surface area contributed by atoms with Gasteiger partial charge < -0.3 is 10.0 Å². The van der Waals surface area contributed by atoms with E-state index in [0.717, 1.165) is 12.8 Å². The van der Waals surface area contributed by atoms with Crippen molar-refractivity contribution in [2.75, 3.05) is 24.6 Å². The number of nitro groups is 1. The first-order chi connectivity index (χ1) is 9.15. The van der Waals surface area contributed by atoms with Gasteiger partial charge in [-0.15, -0.1) is 0 Å². The average Bonchev–Trinajstić information content (AvgIpc) is 2.46. The molecule has 6 nitrogen and oxygen atoms in total. The van der Waals surface area contributed by atoms with Crippen LogP contribution in [0.2, 0.25) is 0 Å². The van der Waals surface area contributed by atoms with Crippen LogP contribution in [0.5, 0.6) is 0 Å². The highest BCUT2D eigenvalue weighted by Gasteiger charge is 2.24. The van der Waals surface area contributed by atoms with Crippen LogP contribution in [0.15, 0.2) is 18.2 Å². The molecule has 1 aromatic carbocycles. The van der Waals surface area contributed by atoms with E-state index in [0.29, 0.717) is 24.3 Å². The van der Waals surface area contributed by atoms with Gasteiger partial charge in [0.15, 0.2) is 0 Å². The minimum atomic E-state index is -0.422. The summed E-state index contributed by atoms with van der Waals surface area (Å²) < 4.78 is 0. The maximum absolute atomic E-state index is 11.0. The Morgan fingerprint density at radius 3 is 2.68 bits per heavy atom. The lowest BCUT2D eigenvalue weighted by Crippen LogP contribution is -2.35. The minimum absolute atomic E-state index is 0.0291. The van der Waals surface area contributed by atoms with E-state index >= 15 is 0 Å². The predicted molar refractivity (Wildman–Crippen MR) is 69.8 cm³/mol. The Kier molecular flexibility index (Phi) is 3.97. The molecule has 0 bridgehead atoms. The quantitative estimate of drug-likeness (QED) is 0.660. The van der Waals surface area contributed by atoms with E-state index < -0.39 is 4.92 Å². The van der Waals surface area contributed by atoms with Crippen LogP contribution >= 0.6 is 0 Å². The maximum atomic E-state index is 11.0. The number of rotatable bonds is 3. The third kappa shape index (κ3) is 2.83. The molecule has 1 aromatic rings. The molecule has 1 aliphatic heterocycles. The first-order valence-electron chi connectivity index (χ1n) is 6.20.